The first-order chi connectivity index (χ1) is 12.6. The largest absolute Gasteiger partial charge is 0.351 e. The molecule has 1 aliphatic rings. The third-order valence-electron chi connectivity index (χ3n) is 4.44. The van der Waals surface area contributed by atoms with Crippen molar-refractivity contribution >= 4 is 17.9 Å². The lowest BCUT2D eigenvalue weighted by molar-refractivity contribution is -0.127. The molecule has 0 saturated carbocycles. The summed E-state index contributed by atoms with van der Waals surface area (Å²) in [6, 6.07) is 15.6. The smallest absolute Gasteiger partial charge is 0.247 e. The van der Waals surface area contributed by atoms with Crippen molar-refractivity contribution in [2.75, 3.05) is 6.54 Å². The van der Waals surface area contributed by atoms with Crippen LogP contribution in [0.4, 0.5) is 0 Å². The fraction of sp³-hybridized carbons (Fsp3) is 0.286. The van der Waals surface area contributed by atoms with Crippen molar-refractivity contribution in [1.82, 2.24) is 15.2 Å². The molecule has 1 N–H and O–H groups in total. The van der Waals surface area contributed by atoms with Crippen LogP contribution in [0.1, 0.15) is 42.8 Å². The Morgan fingerprint density at radius 3 is 2.77 bits per heavy atom. The van der Waals surface area contributed by atoms with Crippen LogP contribution in [-0.2, 0) is 16.1 Å². The first-order valence-corrected chi connectivity index (χ1v) is 8.87. The number of nitrogens with zero attached hydrogens (tertiary/aromatic N) is 2. The van der Waals surface area contributed by atoms with Crippen molar-refractivity contribution in [3.05, 3.63) is 71.6 Å². The number of carbonyl (C=O) groups is 2. The molecular weight excluding hydrogens is 326 g/mol. The van der Waals surface area contributed by atoms with Crippen LogP contribution in [0.3, 0.4) is 0 Å². The van der Waals surface area contributed by atoms with Crippen LogP contribution in [0, 0.1) is 0 Å². The molecule has 2 amide bonds. The number of pyridine rings is 1. The van der Waals surface area contributed by atoms with Gasteiger partial charge in [0.1, 0.15) is 0 Å². The van der Waals surface area contributed by atoms with Gasteiger partial charge in [0, 0.05) is 19.5 Å². The molecule has 0 unspecified atom stereocenters. The highest BCUT2D eigenvalue weighted by molar-refractivity contribution is 5.92. The molecule has 2 heterocycles. The molecule has 1 atom stereocenters. The minimum absolute atomic E-state index is 0.00502. The lowest BCUT2D eigenvalue weighted by Gasteiger charge is -2.23. The van der Waals surface area contributed by atoms with E-state index in [1.165, 1.54) is 6.92 Å². The van der Waals surface area contributed by atoms with Crippen LogP contribution in [0.25, 0.3) is 6.08 Å². The summed E-state index contributed by atoms with van der Waals surface area (Å²) in [7, 11) is 0. The Hall–Kier alpha value is -2.95. The molecule has 1 aromatic carbocycles. The van der Waals surface area contributed by atoms with Crippen LogP contribution < -0.4 is 5.32 Å². The van der Waals surface area contributed by atoms with Crippen LogP contribution in [-0.4, -0.2) is 28.2 Å². The van der Waals surface area contributed by atoms with Gasteiger partial charge >= 0.3 is 0 Å². The second-order valence-electron chi connectivity index (χ2n) is 6.40. The third kappa shape index (κ3) is 4.57. The summed E-state index contributed by atoms with van der Waals surface area (Å²) in [4.78, 5) is 30.3. The molecule has 2 aromatic rings. The quantitative estimate of drug-likeness (QED) is 0.844. The Morgan fingerprint density at radius 1 is 1.19 bits per heavy atom. The maximum absolute atomic E-state index is 12.7. The monoisotopic (exact) mass is 349 g/mol. The van der Waals surface area contributed by atoms with E-state index in [9.17, 15) is 9.59 Å². The van der Waals surface area contributed by atoms with Gasteiger partial charge in [-0.2, -0.15) is 0 Å². The van der Waals surface area contributed by atoms with Gasteiger partial charge in [-0.05, 0) is 36.6 Å². The van der Waals surface area contributed by atoms with Crippen molar-refractivity contribution in [3.8, 4) is 0 Å². The number of hydrogen-bond donors (Lipinski definition) is 1. The molecular formula is C21H23N3O2. The average molecular weight is 349 g/mol. The number of nitrogens with one attached hydrogen (secondary N) is 1. The van der Waals surface area contributed by atoms with E-state index < -0.39 is 0 Å². The molecule has 3 rings (SSSR count). The lowest BCUT2D eigenvalue weighted by atomic mass is 10.1. The number of aromatic nitrogens is 1. The zero-order valence-electron chi connectivity index (χ0n) is 14.9. The highest BCUT2D eigenvalue weighted by Crippen LogP contribution is 2.31. The van der Waals surface area contributed by atoms with Crippen LogP contribution >= 0.6 is 0 Å². The van der Waals surface area contributed by atoms with E-state index in [4.69, 9.17) is 0 Å². The molecule has 1 aliphatic heterocycles. The van der Waals surface area contributed by atoms with E-state index >= 15 is 0 Å². The number of amides is 2. The van der Waals surface area contributed by atoms with E-state index in [0.717, 1.165) is 36.3 Å². The minimum atomic E-state index is -0.0825. The summed E-state index contributed by atoms with van der Waals surface area (Å²) >= 11 is 0. The first kappa shape index (κ1) is 17.9. The van der Waals surface area contributed by atoms with Gasteiger partial charge in [-0.25, -0.2) is 0 Å². The number of rotatable bonds is 5. The predicted octanol–water partition coefficient (Wildman–Crippen LogP) is 3.09. The normalized spacial score (nSPS) is 16.8. The SMILES string of the molecule is CC(=O)NCc1cccc([C@@H]2CCCN2C(=O)/C=C/c2ccccc2)n1. The van der Waals surface area contributed by atoms with Gasteiger partial charge < -0.3 is 10.2 Å². The van der Waals surface area contributed by atoms with E-state index in [2.05, 4.69) is 10.3 Å². The van der Waals surface area contributed by atoms with Crippen LogP contribution in [0.2, 0.25) is 0 Å². The maximum Gasteiger partial charge on any atom is 0.247 e. The van der Waals surface area contributed by atoms with Crippen molar-refractivity contribution in [1.29, 1.82) is 0 Å². The van der Waals surface area contributed by atoms with Crippen molar-refractivity contribution in [2.45, 2.75) is 32.4 Å². The second kappa shape index (κ2) is 8.43. The van der Waals surface area contributed by atoms with E-state index in [1.807, 2.05) is 59.5 Å². The van der Waals surface area contributed by atoms with E-state index in [0.29, 0.717) is 6.54 Å². The highest BCUT2D eigenvalue weighted by Gasteiger charge is 2.29. The minimum Gasteiger partial charge on any atom is -0.351 e. The van der Waals surface area contributed by atoms with Gasteiger partial charge in [-0.3, -0.25) is 14.6 Å². The number of hydrogen-bond acceptors (Lipinski definition) is 3. The third-order valence-corrected chi connectivity index (χ3v) is 4.44. The average Bonchev–Trinajstić information content (AvgIpc) is 3.15. The van der Waals surface area contributed by atoms with Crippen LogP contribution in [0.5, 0.6) is 0 Å². The Kier molecular flexibility index (Phi) is 5.79. The summed E-state index contributed by atoms with van der Waals surface area (Å²) in [5, 5.41) is 2.76. The summed E-state index contributed by atoms with van der Waals surface area (Å²) in [5.74, 6) is -0.0775. The summed E-state index contributed by atoms with van der Waals surface area (Å²) < 4.78 is 0. The second-order valence-corrected chi connectivity index (χ2v) is 6.40. The predicted molar refractivity (Wildman–Crippen MR) is 101 cm³/mol. The zero-order valence-corrected chi connectivity index (χ0v) is 14.9. The van der Waals surface area contributed by atoms with Crippen molar-refractivity contribution in [2.24, 2.45) is 0 Å². The standard InChI is InChI=1S/C21H23N3O2/c1-16(25)22-15-18-9-5-10-19(23-18)20-11-6-14-24(20)21(26)13-12-17-7-3-2-4-8-17/h2-5,7-10,12-13,20H,6,11,14-15H2,1H3,(H,22,25)/b13-12+/t20-/m0/s1. The maximum atomic E-state index is 12.7. The van der Waals surface area contributed by atoms with Crippen molar-refractivity contribution in [3.63, 3.8) is 0 Å². The molecule has 0 aliphatic carbocycles. The Bertz CT molecular complexity index is 802. The van der Waals surface area contributed by atoms with Crippen molar-refractivity contribution < 1.29 is 9.59 Å². The van der Waals surface area contributed by atoms with Gasteiger partial charge in [0.25, 0.3) is 0 Å². The molecule has 1 aromatic heterocycles. The Morgan fingerprint density at radius 2 is 2.00 bits per heavy atom. The van der Waals surface area contributed by atoms with Gasteiger partial charge in [0.2, 0.25) is 11.8 Å². The van der Waals surface area contributed by atoms with E-state index in [-0.39, 0.29) is 17.9 Å². The molecule has 0 spiro atoms. The van der Waals surface area contributed by atoms with Gasteiger partial charge in [0.15, 0.2) is 0 Å². The zero-order chi connectivity index (χ0) is 18.4. The fourth-order valence-corrected chi connectivity index (χ4v) is 3.16. The topological polar surface area (TPSA) is 62.3 Å². The van der Waals surface area contributed by atoms with Gasteiger partial charge in [-0.1, -0.05) is 36.4 Å². The summed E-state index contributed by atoms with van der Waals surface area (Å²) in [6.45, 7) is 2.62. The fourth-order valence-electron chi connectivity index (χ4n) is 3.16. The number of carbonyl (C=O) groups excluding carboxylic acids is 2. The van der Waals surface area contributed by atoms with Gasteiger partial charge in [0.05, 0.1) is 24.0 Å². The Labute approximate surface area is 153 Å². The number of benzene rings is 1. The van der Waals surface area contributed by atoms with E-state index in [1.54, 1.807) is 6.08 Å². The summed E-state index contributed by atoms with van der Waals surface area (Å²) in [6.07, 6.45) is 5.35. The molecule has 134 valence electrons. The molecule has 0 bridgehead atoms. The highest BCUT2D eigenvalue weighted by atomic mass is 16.2. The Balaban J connectivity index is 1.71. The molecule has 1 saturated heterocycles. The molecule has 26 heavy (non-hydrogen) atoms. The first-order valence-electron chi connectivity index (χ1n) is 8.87. The van der Waals surface area contributed by atoms with Crippen LogP contribution in [0.15, 0.2) is 54.6 Å². The van der Waals surface area contributed by atoms with Gasteiger partial charge in [-0.15, -0.1) is 0 Å². The molecule has 0 radical (unpaired) electrons. The number of likely N-dealkylation sites (tertiary alicyclic amines) is 1. The molecule has 1 fully saturated rings. The molecule has 5 nitrogen and oxygen atoms in total. The molecule has 5 heteroatoms. The summed E-state index contributed by atoms with van der Waals surface area (Å²) in [5.41, 5.74) is 2.69. The lowest BCUT2D eigenvalue weighted by Crippen LogP contribution is -2.29.